The van der Waals surface area contributed by atoms with Gasteiger partial charge < -0.3 is 4.74 Å². The third-order valence-electron chi connectivity index (χ3n) is 2.56. The number of esters is 1. The average Bonchev–Trinajstić information content (AvgIpc) is 1.97. The standard InChI is InChI=1S/C8H11IO2/c9-6-2-1-5-3-7(6)11-8(10)4-5/h5-7H,1-4H2. The Balaban J connectivity index is 2.08. The lowest BCUT2D eigenvalue weighted by atomic mass is 9.83. The molecule has 2 bridgehead atoms. The molecule has 1 saturated carbocycles. The normalized spacial score (nSPS) is 43.4. The molecule has 3 unspecified atom stereocenters. The highest BCUT2D eigenvalue weighted by Crippen LogP contribution is 2.36. The summed E-state index contributed by atoms with van der Waals surface area (Å²) in [6.07, 6.45) is 4.46. The minimum atomic E-state index is 0.0209. The third-order valence-corrected chi connectivity index (χ3v) is 3.98. The number of rotatable bonds is 0. The first-order chi connectivity index (χ1) is 5.25. The lowest BCUT2D eigenvalue weighted by Crippen LogP contribution is -2.39. The monoisotopic (exact) mass is 266 g/mol. The van der Waals surface area contributed by atoms with Crippen molar-refractivity contribution in [2.24, 2.45) is 5.92 Å². The van der Waals surface area contributed by atoms with Crippen LogP contribution in [0.1, 0.15) is 25.7 Å². The fourth-order valence-electron chi connectivity index (χ4n) is 1.93. The predicted molar refractivity (Wildman–Crippen MR) is 49.6 cm³/mol. The quantitative estimate of drug-likeness (QED) is 0.380. The highest BCUT2D eigenvalue weighted by molar-refractivity contribution is 14.1. The topological polar surface area (TPSA) is 26.3 Å². The van der Waals surface area contributed by atoms with Gasteiger partial charge in [-0.2, -0.15) is 0 Å². The third kappa shape index (κ3) is 1.53. The van der Waals surface area contributed by atoms with Crippen LogP contribution in [0.5, 0.6) is 0 Å². The molecule has 2 nitrogen and oxygen atoms in total. The number of carbonyl (C=O) groups is 1. The van der Waals surface area contributed by atoms with Gasteiger partial charge in [0.1, 0.15) is 6.10 Å². The average molecular weight is 266 g/mol. The van der Waals surface area contributed by atoms with Crippen molar-refractivity contribution in [2.45, 2.75) is 35.7 Å². The van der Waals surface area contributed by atoms with Crippen LogP contribution in [0.25, 0.3) is 0 Å². The first-order valence-corrected chi connectivity index (χ1v) is 5.34. The zero-order chi connectivity index (χ0) is 7.84. The van der Waals surface area contributed by atoms with E-state index in [4.69, 9.17) is 4.74 Å². The smallest absolute Gasteiger partial charge is 0.306 e. The maximum atomic E-state index is 11.0. The molecule has 3 heteroatoms. The van der Waals surface area contributed by atoms with E-state index in [1.165, 1.54) is 12.8 Å². The first kappa shape index (κ1) is 7.83. The molecule has 0 N–H and O–H groups in total. The zero-order valence-corrected chi connectivity index (χ0v) is 8.41. The number of ether oxygens (including phenoxy) is 1. The Kier molecular flexibility index (Phi) is 2.08. The first-order valence-electron chi connectivity index (χ1n) is 4.09. The Morgan fingerprint density at radius 1 is 1.45 bits per heavy atom. The molecule has 2 rings (SSSR count). The van der Waals surface area contributed by atoms with Gasteiger partial charge in [-0.25, -0.2) is 0 Å². The van der Waals surface area contributed by atoms with E-state index in [0.29, 0.717) is 16.3 Å². The van der Waals surface area contributed by atoms with Crippen molar-refractivity contribution in [1.29, 1.82) is 0 Å². The molecular formula is C8H11IO2. The van der Waals surface area contributed by atoms with Crippen molar-refractivity contribution in [1.82, 2.24) is 0 Å². The fourth-order valence-corrected chi connectivity index (χ4v) is 2.73. The van der Waals surface area contributed by atoms with Crippen molar-refractivity contribution in [3.63, 3.8) is 0 Å². The molecule has 0 aromatic heterocycles. The van der Waals surface area contributed by atoms with Crippen LogP contribution in [-0.2, 0) is 9.53 Å². The largest absolute Gasteiger partial charge is 0.461 e. The number of hydrogen-bond donors (Lipinski definition) is 0. The Morgan fingerprint density at radius 2 is 2.27 bits per heavy atom. The van der Waals surface area contributed by atoms with Gasteiger partial charge in [-0.1, -0.05) is 22.6 Å². The van der Waals surface area contributed by atoms with E-state index < -0.39 is 0 Å². The van der Waals surface area contributed by atoms with Crippen LogP contribution in [0.3, 0.4) is 0 Å². The summed E-state index contributed by atoms with van der Waals surface area (Å²) in [6.45, 7) is 0. The van der Waals surface area contributed by atoms with Gasteiger partial charge in [-0.15, -0.1) is 0 Å². The summed E-state index contributed by atoms with van der Waals surface area (Å²) < 4.78 is 5.79. The summed E-state index contributed by atoms with van der Waals surface area (Å²) in [5.41, 5.74) is 0. The maximum absolute atomic E-state index is 11.0. The summed E-state index contributed by atoms with van der Waals surface area (Å²) in [5, 5.41) is 0. The minimum Gasteiger partial charge on any atom is -0.461 e. The second-order valence-electron chi connectivity index (χ2n) is 3.43. The van der Waals surface area contributed by atoms with E-state index in [9.17, 15) is 4.79 Å². The van der Waals surface area contributed by atoms with Gasteiger partial charge in [0, 0.05) is 10.3 Å². The number of fused-ring (bicyclic) bond motifs is 2. The van der Waals surface area contributed by atoms with Crippen molar-refractivity contribution >= 4 is 28.6 Å². The van der Waals surface area contributed by atoms with Gasteiger partial charge in [0.25, 0.3) is 0 Å². The molecular weight excluding hydrogens is 255 g/mol. The zero-order valence-electron chi connectivity index (χ0n) is 6.25. The molecule has 1 saturated heterocycles. The van der Waals surface area contributed by atoms with Crippen molar-refractivity contribution in [2.75, 3.05) is 0 Å². The number of halogens is 1. The van der Waals surface area contributed by atoms with Crippen LogP contribution in [-0.4, -0.2) is 16.0 Å². The van der Waals surface area contributed by atoms with Crippen LogP contribution >= 0.6 is 22.6 Å². The lowest BCUT2D eigenvalue weighted by Gasteiger charge is -2.36. The van der Waals surface area contributed by atoms with E-state index >= 15 is 0 Å². The number of hydrogen-bond acceptors (Lipinski definition) is 2. The second-order valence-corrected chi connectivity index (χ2v) is 5.03. The highest BCUT2D eigenvalue weighted by atomic mass is 127. The molecule has 0 radical (unpaired) electrons. The number of alkyl halides is 1. The van der Waals surface area contributed by atoms with Gasteiger partial charge in [-0.05, 0) is 25.2 Å². The molecule has 0 amide bonds. The van der Waals surface area contributed by atoms with Gasteiger partial charge in [-0.3, -0.25) is 4.79 Å². The molecule has 2 aliphatic rings. The van der Waals surface area contributed by atoms with Crippen molar-refractivity contribution < 1.29 is 9.53 Å². The molecule has 0 aromatic carbocycles. The lowest BCUT2D eigenvalue weighted by molar-refractivity contribution is -0.158. The molecule has 1 aliphatic carbocycles. The maximum Gasteiger partial charge on any atom is 0.306 e. The highest BCUT2D eigenvalue weighted by Gasteiger charge is 2.36. The van der Waals surface area contributed by atoms with E-state index in [1.54, 1.807) is 0 Å². The van der Waals surface area contributed by atoms with Crippen LogP contribution in [0, 0.1) is 5.92 Å². The van der Waals surface area contributed by atoms with Crippen LogP contribution < -0.4 is 0 Å². The van der Waals surface area contributed by atoms with Gasteiger partial charge >= 0.3 is 5.97 Å². The molecule has 2 fully saturated rings. The molecule has 0 aromatic rings. The van der Waals surface area contributed by atoms with Gasteiger partial charge in [0.15, 0.2) is 0 Å². The molecule has 1 aliphatic heterocycles. The van der Waals surface area contributed by atoms with Crippen molar-refractivity contribution in [3.8, 4) is 0 Å². The van der Waals surface area contributed by atoms with Crippen molar-refractivity contribution in [3.05, 3.63) is 0 Å². The Hall–Kier alpha value is 0.200. The van der Waals surface area contributed by atoms with Gasteiger partial charge in [0.2, 0.25) is 0 Å². The van der Waals surface area contributed by atoms with Gasteiger partial charge in [0.05, 0.1) is 0 Å². The second kappa shape index (κ2) is 2.92. The summed E-state index contributed by atoms with van der Waals surface area (Å²) >= 11 is 2.40. The Bertz CT molecular complexity index is 181. The van der Waals surface area contributed by atoms with E-state index in [1.807, 2.05) is 0 Å². The van der Waals surface area contributed by atoms with E-state index in [-0.39, 0.29) is 12.1 Å². The SMILES string of the molecule is O=C1CC2CCC(I)C(C2)O1. The molecule has 1 heterocycles. The van der Waals surface area contributed by atoms with E-state index in [2.05, 4.69) is 22.6 Å². The number of carbonyl (C=O) groups excluding carboxylic acids is 1. The molecule has 62 valence electrons. The van der Waals surface area contributed by atoms with Crippen LogP contribution in [0.4, 0.5) is 0 Å². The summed E-state index contributed by atoms with van der Waals surface area (Å²) in [7, 11) is 0. The Morgan fingerprint density at radius 3 is 3.09 bits per heavy atom. The fraction of sp³-hybridized carbons (Fsp3) is 0.875. The summed E-state index contributed by atoms with van der Waals surface area (Å²) in [6, 6.07) is 0. The molecule has 3 atom stereocenters. The predicted octanol–water partition coefficient (Wildman–Crippen LogP) is 1.91. The van der Waals surface area contributed by atoms with Crippen LogP contribution in [0.2, 0.25) is 0 Å². The molecule has 11 heavy (non-hydrogen) atoms. The van der Waals surface area contributed by atoms with E-state index in [0.717, 1.165) is 6.42 Å². The Labute approximate surface area is 79.8 Å². The van der Waals surface area contributed by atoms with Crippen LogP contribution in [0.15, 0.2) is 0 Å². The summed E-state index contributed by atoms with van der Waals surface area (Å²) in [5.74, 6) is 0.653. The summed E-state index contributed by atoms with van der Waals surface area (Å²) in [4.78, 5) is 11.0. The molecule has 0 spiro atoms. The minimum absolute atomic E-state index is 0.0209.